The van der Waals surface area contributed by atoms with Gasteiger partial charge in [0.15, 0.2) is 0 Å². The monoisotopic (exact) mass is 718 g/mol. The van der Waals surface area contributed by atoms with Crippen molar-refractivity contribution in [2.24, 2.45) is 0 Å². The molecule has 5 rings (SSSR count). The molecule has 1 atom stereocenters. The van der Waals surface area contributed by atoms with E-state index < -0.39 is 17.1 Å². The Morgan fingerprint density at radius 2 is 1.19 bits per heavy atom. The van der Waals surface area contributed by atoms with Crippen LogP contribution in [-0.2, 0) is 14.4 Å². The predicted molar refractivity (Wildman–Crippen MR) is 196 cm³/mol. The average molecular weight is 720 g/mol. The number of anilines is 3. The first kappa shape index (κ1) is 33.9. The first-order valence-electron chi connectivity index (χ1n) is 14.9. The highest BCUT2D eigenvalue weighted by molar-refractivity contribution is 9.10. The molecule has 240 valence electrons. The molecule has 0 radical (unpaired) electrons. The van der Waals surface area contributed by atoms with Crippen LogP contribution in [0.3, 0.4) is 0 Å². The van der Waals surface area contributed by atoms with Crippen molar-refractivity contribution in [3.05, 3.63) is 160 Å². The van der Waals surface area contributed by atoms with E-state index in [1.54, 1.807) is 66.7 Å². The van der Waals surface area contributed by atoms with Crippen LogP contribution in [0.5, 0.6) is 0 Å². The van der Waals surface area contributed by atoms with Crippen LogP contribution in [0.2, 0.25) is 0 Å². The van der Waals surface area contributed by atoms with E-state index in [1.165, 1.54) is 18.7 Å². The minimum absolute atomic E-state index is 0.0792. The summed E-state index contributed by atoms with van der Waals surface area (Å²) in [5.74, 6) is -1.29. The lowest BCUT2D eigenvalue weighted by molar-refractivity contribution is -0.116. The van der Waals surface area contributed by atoms with Gasteiger partial charge in [0.1, 0.15) is 10.9 Å². The van der Waals surface area contributed by atoms with Gasteiger partial charge in [-0.15, -0.1) is 11.8 Å². The zero-order valence-electron chi connectivity index (χ0n) is 25.8. The molecule has 4 amide bonds. The number of rotatable bonds is 11. The second-order valence-corrected chi connectivity index (χ2v) is 12.7. The molecule has 0 aliphatic heterocycles. The molecule has 8 nitrogen and oxygen atoms in total. The first-order chi connectivity index (χ1) is 23.2. The number of hydrogen-bond acceptors (Lipinski definition) is 5. The van der Waals surface area contributed by atoms with Gasteiger partial charge in [0.2, 0.25) is 11.8 Å². The van der Waals surface area contributed by atoms with Crippen LogP contribution in [0.15, 0.2) is 149 Å². The Morgan fingerprint density at radius 3 is 1.79 bits per heavy atom. The highest BCUT2D eigenvalue weighted by Crippen LogP contribution is 2.37. The standard InChI is InChI=1S/C38H31BrN4O4S/c1-25(44)40-30-16-18-31(19-17-30)42-38(47)35(27-8-4-2-5-9-27)48-33-22-20-32(21-23-33)41-37(46)34(24-26-12-14-29(39)15-13-26)43-36(45)28-10-6-3-7-11-28/h2-24,35H,1H3,(H,40,44)(H,41,46)(H,42,47)(H,43,45)/b34-24-. The van der Waals surface area contributed by atoms with Gasteiger partial charge in [0.05, 0.1) is 0 Å². The molecule has 10 heteroatoms. The number of nitrogens with one attached hydrogen (secondary N) is 4. The van der Waals surface area contributed by atoms with Gasteiger partial charge in [-0.05, 0) is 90.0 Å². The van der Waals surface area contributed by atoms with E-state index in [4.69, 9.17) is 0 Å². The molecule has 0 aromatic heterocycles. The molecule has 0 heterocycles. The van der Waals surface area contributed by atoms with Gasteiger partial charge < -0.3 is 21.3 Å². The molecule has 0 saturated carbocycles. The van der Waals surface area contributed by atoms with Crippen molar-refractivity contribution < 1.29 is 19.2 Å². The zero-order chi connectivity index (χ0) is 33.9. The van der Waals surface area contributed by atoms with Gasteiger partial charge in [-0.1, -0.05) is 76.6 Å². The summed E-state index contributed by atoms with van der Waals surface area (Å²) < 4.78 is 0.890. The molecule has 0 spiro atoms. The van der Waals surface area contributed by atoms with Crippen LogP contribution in [-0.4, -0.2) is 23.6 Å². The summed E-state index contributed by atoms with van der Waals surface area (Å²) in [7, 11) is 0. The minimum Gasteiger partial charge on any atom is -0.326 e. The fourth-order valence-corrected chi connectivity index (χ4v) is 5.86. The van der Waals surface area contributed by atoms with Crippen molar-refractivity contribution in [2.75, 3.05) is 16.0 Å². The number of halogens is 1. The maximum absolute atomic E-state index is 13.5. The van der Waals surface area contributed by atoms with Crippen molar-refractivity contribution in [3.63, 3.8) is 0 Å². The number of thioether (sulfide) groups is 1. The molecule has 0 fully saturated rings. The largest absolute Gasteiger partial charge is 0.326 e. The van der Waals surface area contributed by atoms with E-state index in [0.717, 1.165) is 20.5 Å². The fourth-order valence-electron chi connectivity index (χ4n) is 4.57. The summed E-state index contributed by atoms with van der Waals surface area (Å²) in [6, 6.07) is 39.5. The lowest BCUT2D eigenvalue weighted by atomic mass is 10.1. The number of hydrogen-bond donors (Lipinski definition) is 4. The Kier molecular flexibility index (Phi) is 11.6. The van der Waals surface area contributed by atoms with E-state index in [2.05, 4.69) is 37.2 Å². The number of carbonyl (C=O) groups excluding carboxylic acids is 4. The van der Waals surface area contributed by atoms with Crippen molar-refractivity contribution in [2.45, 2.75) is 17.1 Å². The maximum Gasteiger partial charge on any atom is 0.272 e. The quantitative estimate of drug-likeness (QED) is 0.0810. The van der Waals surface area contributed by atoms with Gasteiger partial charge in [-0.25, -0.2) is 0 Å². The fraction of sp³-hybridized carbons (Fsp3) is 0.0526. The molecule has 5 aromatic carbocycles. The Labute approximate surface area is 291 Å². The second-order valence-electron chi connectivity index (χ2n) is 10.6. The highest BCUT2D eigenvalue weighted by atomic mass is 79.9. The van der Waals surface area contributed by atoms with Crippen LogP contribution < -0.4 is 21.3 Å². The second kappa shape index (κ2) is 16.4. The van der Waals surface area contributed by atoms with Crippen LogP contribution in [0.1, 0.15) is 33.7 Å². The van der Waals surface area contributed by atoms with Gasteiger partial charge in [-0.3, -0.25) is 19.2 Å². The maximum atomic E-state index is 13.5. The molecule has 5 aromatic rings. The molecular weight excluding hydrogens is 688 g/mol. The lowest BCUT2D eigenvalue weighted by Gasteiger charge is -2.18. The molecule has 0 saturated heterocycles. The molecule has 48 heavy (non-hydrogen) atoms. The van der Waals surface area contributed by atoms with E-state index in [9.17, 15) is 19.2 Å². The molecule has 0 aliphatic rings. The third kappa shape index (κ3) is 9.78. The van der Waals surface area contributed by atoms with Crippen LogP contribution in [0.4, 0.5) is 17.1 Å². The Bertz CT molecular complexity index is 1920. The molecule has 1 unspecified atom stereocenters. The van der Waals surface area contributed by atoms with Crippen molar-refractivity contribution in [3.8, 4) is 0 Å². The van der Waals surface area contributed by atoms with Crippen LogP contribution in [0.25, 0.3) is 6.08 Å². The van der Waals surface area contributed by atoms with Crippen molar-refractivity contribution in [1.82, 2.24) is 5.32 Å². The Morgan fingerprint density at radius 1 is 0.646 bits per heavy atom. The summed E-state index contributed by atoms with van der Waals surface area (Å²) in [5, 5.41) is 10.7. The highest BCUT2D eigenvalue weighted by Gasteiger charge is 2.23. The molecule has 0 bridgehead atoms. The van der Waals surface area contributed by atoms with Crippen molar-refractivity contribution >= 4 is 74.5 Å². The SMILES string of the molecule is CC(=O)Nc1ccc(NC(=O)C(Sc2ccc(NC(=O)/C(=C/c3ccc(Br)cc3)NC(=O)c3ccccc3)cc2)c2ccccc2)cc1. The molecule has 4 N–H and O–H groups in total. The summed E-state index contributed by atoms with van der Waals surface area (Å²) in [6.07, 6.45) is 1.61. The number of benzene rings is 5. The van der Waals surface area contributed by atoms with E-state index in [0.29, 0.717) is 22.6 Å². The summed E-state index contributed by atoms with van der Waals surface area (Å²) in [6.45, 7) is 1.43. The first-order valence-corrected chi connectivity index (χ1v) is 16.6. The predicted octanol–water partition coefficient (Wildman–Crippen LogP) is 8.29. The van der Waals surface area contributed by atoms with Gasteiger partial charge in [-0.2, -0.15) is 0 Å². The van der Waals surface area contributed by atoms with E-state index in [1.807, 2.05) is 72.8 Å². The van der Waals surface area contributed by atoms with Gasteiger partial charge >= 0.3 is 0 Å². The normalized spacial score (nSPS) is 11.6. The lowest BCUT2D eigenvalue weighted by Crippen LogP contribution is -2.30. The average Bonchev–Trinajstić information content (AvgIpc) is 3.10. The zero-order valence-corrected chi connectivity index (χ0v) is 28.2. The Hall–Kier alpha value is -5.45. The number of amides is 4. The smallest absolute Gasteiger partial charge is 0.272 e. The minimum atomic E-state index is -0.574. The summed E-state index contributed by atoms with van der Waals surface area (Å²) >= 11 is 4.79. The molecule has 0 aliphatic carbocycles. The third-order valence-electron chi connectivity index (χ3n) is 6.89. The van der Waals surface area contributed by atoms with Gasteiger partial charge in [0, 0.05) is 38.9 Å². The van der Waals surface area contributed by atoms with Crippen molar-refractivity contribution in [1.29, 1.82) is 0 Å². The van der Waals surface area contributed by atoms with Gasteiger partial charge in [0.25, 0.3) is 11.8 Å². The number of carbonyl (C=O) groups is 4. The summed E-state index contributed by atoms with van der Waals surface area (Å²) in [5.41, 5.74) is 3.81. The van der Waals surface area contributed by atoms with E-state index in [-0.39, 0.29) is 17.5 Å². The van der Waals surface area contributed by atoms with E-state index >= 15 is 0 Å². The summed E-state index contributed by atoms with van der Waals surface area (Å²) in [4.78, 5) is 52.1. The third-order valence-corrected chi connectivity index (χ3v) is 8.68. The van der Waals surface area contributed by atoms with Crippen LogP contribution in [0, 0.1) is 0 Å². The molecular formula is C38H31BrN4O4S. The topological polar surface area (TPSA) is 116 Å². The van der Waals surface area contributed by atoms with Crippen LogP contribution >= 0.6 is 27.7 Å². The Balaban J connectivity index is 1.30.